The molecule has 2 aromatic carbocycles. The zero-order valence-corrected chi connectivity index (χ0v) is 29.3. The molecule has 0 saturated heterocycles. The maximum absolute atomic E-state index is 12.2. The van der Waals surface area contributed by atoms with E-state index in [0.29, 0.717) is 142 Å². The molecule has 1 amide bonds. The van der Waals surface area contributed by atoms with Crippen molar-refractivity contribution in [2.75, 3.05) is 112 Å². The average molecular weight is 704 g/mol. The van der Waals surface area contributed by atoms with Crippen LogP contribution in [0.2, 0.25) is 0 Å². The van der Waals surface area contributed by atoms with Crippen LogP contribution in [0.25, 0.3) is 11.0 Å². The Morgan fingerprint density at radius 1 is 0.580 bits per heavy atom. The lowest BCUT2D eigenvalue weighted by molar-refractivity contribution is -0.120. The van der Waals surface area contributed by atoms with E-state index in [1.165, 1.54) is 11.1 Å². The van der Waals surface area contributed by atoms with Crippen LogP contribution in [-0.2, 0) is 49.1 Å². The summed E-state index contributed by atoms with van der Waals surface area (Å²) in [7, 11) is 0. The monoisotopic (exact) mass is 703 g/mol. The first-order valence-corrected chi connectivity index (χ1v) is 17.3. The van der Waals surface area contributed by atoms with Gasteiger partial charge in [-0.05, 0) is 53.8 Å². The number of amides is 1. The van der Waals surface area contributed by atoms with E-state index in [-0.39, 0.29) is 11.7 Å². The second kappa shape index (κ2) is 27.4. The molecule has 14 heteroatoms. The van der Waals surface area contributed by atoms with Crippen LogP contribution in [-0.4, -0.2) is 134 Å². The van der Waals surface area contributed by atoms with Gasteiger partial charge in [-0.2, -0.15) is 0 Å². The van der Waals surface area contributed by atoms with Crippen LogP contribution in [0, 0.1) is 6.92 Å². The maximum atomic E-state index is 12.2. The topological polar surface area (TPSA) is 159 Å². The van der Waals surface area contributed by atoms with Crippen molar-refractivity contribution in [3.05, 3.63) is 59.2 Å². The molecule has 0 radical (unpaired) electrons. The molecule has 50 heavy (non-hydrogen) atoms. The summed E-state index contributed by atoms with van der Waals surface area (Å²) in [6, 6.07) is 13.4. The van der Waals surface area contributed by atoms with Crippen molar-refractivity contribution in [2.45, 2.75) is 32.6 Å². The molecule has 0 aliphatic rings. The molecule has 14 nitrogen and oxygen atoms in total. The van der Waals surface area contributed by atoms with Crippen molar-refractivity contribution in [2.24, 2.45) is 0 Å². The molecule has 3 aromatic rings. The van der Waals surface area contributed by atoms with Gasteiger partial charge in [-0.15, -0.1) is 0 Å². The predicted octanol–water partition coefficient (Wildman–Crippen LogP) is 3.38. The maximum Gasteiger partial charge on any atom is 0.251 e. The third kappa shape index (κ3) is 19.7. The van der Waals surface area contributed by atoms with Crippen molar-refractivity contribution in [3.63, 3.8) is 0 Å². The summed E-state index contributed by atoms with van der Waals surface area (Å²) in [5.41, 5.74) is 4.14. The molecule has 278 valence electrons. The van der Waals surface area contributed by atoms with Crippen molar-refractivity contribution in [1.82, 2.24) is 15.6 Å². The molecule has 0 spiro atoms. The molecule has 0 aliphatic heterocycles. The fourth-order valence-electron chi connectivity index (χ4n) is 4.46. The third-order valence-electron chi connectivity index (χ3n) is 7.22. The number of benzene rings is 2. The lowest BCUT2D eigenvalue weighted by Crippen LogP contribution is -2.27. The summed E-state index contributed by atoms with van der Waals surface area (Å²) >= 11 is 0. The fraction of sp³-hybridized carbons (Fsp3) is 0.611. The lowest BCUT2D eigenvalue weighted by Gasteiger charge is -2.09. The van der Waals surface area contributed by atoms with Gasteiger partial charge in [0.2, 0.25) is 0 Å². The Balaban J connectivity index is 0.937. The van der Waals surface area contributed by atoms with E-state index in [1.54, 1.807) is 18.2 Å². The minimum atomic E-state index is -0.215. The van der Waals surface area contributed by atoms with Crippen LogP contribution in [0.4, 0.5) is 0 Å². The van der Waals surface area contributed by atoms with Crippen LogP contribution in [0.3, 0.4) is 0 Å². The molecule has 1 N–H and O–H groups in total. The predicted molar refractivity (Wildman–Crippen MR) is 184 cm³/mol. The number of nitrogens with zero attached hydrogens (tertiary/aromatic N) is 2. The number of ketones is 1. The highest BCUT2D eigenvalue weighted by Gasteiger charge is 2.08. The Labute approximate surface area is 294 Å². The van der Waals surface area contributed by atoms with Gasteiger partial charge in [0.1, 0.15) is 16.8 Å². The van der Waals surface area contributed by atoms with Gasteiger partial charge in [0.25, 0.3) is 5.91 Å². The fourth-order valence-corrected chi connectivity index (χ4v) is 4.46. The van der Waals surface area contributed by atoms with Gasteiger partial charge in [-0.25, -0.2) is 4.63 Å². The Morgan fingerprint density at radius 3 is 1.60 bits per heavy atom. The number of carbonyl (C=O) groups is 2. The van der Waals surface area contributed by atoms with E-state index in [0.717, 1.165) is 12.8 Å². The van der Waals surface area contributed by atoms with E-state index in [9.17, 15) is 9.59 Å². The van der Waals surface area contributed by atoms with Gasteiger partial charge in [-0.3, -0.25) is 9.59 Å². The van der Waals surface area contributed by atoms with E-state index in [4.69, 9.17) is 37.9 Å². The number of rotatable bonds is 32. The minimum Gasteiger partial charge on any atom is -0.379 e. The van der Waals surface area contributed by atoms with Crippen molar-refractivity contribution in [1.29, 1.82) is 0 Å². The SMILES string of the molecule is Cc1ccc(CCCC(=O)CCOCCOCCOCCOCCOCCOCCOCCOCCNC(=O)c2ccc3nonc3c2)cc1. The van der Waals surface area contributed by atoms with Gasteiger partial charge < -0.3 is 43.2 Å². The van der Waals surface area contributed by atoms with Crippen molar-refractivity contribution in [3.8, 4) is 0 Å². The quantitative estimate of drug-likeness (QED) is 0.0945. The largest absolute Gasteiger partial charge is 0.379 e. The Kier molecular flexibility index (Phi) is 22.5. The van der Waals surface area contributed by atoms with Gasteiger partial charge in [0.05, 0.1) is 106 Å². The number of aromatic nitrogens is 2. The number of hydrogen-bond donors (Lipinski definition) is 1. The third-order valence-corrected chi connectivity index (χ3v) is 7.22. The van der Waals surface area contributed by atoms with E-state index < -0.39 is 0 Å². The molecule has 3 rings (SSSR count). The number of nitrogens with one attached hydrogen (secondary N) is 1. The summed E-state index contributed by atoms with van der Waals surface area (Å²) < 4.78 is 48.5. The summed E-state index contributed by atoms with van der Waals surface area (Å²) in [6.07, 6.45) is 2.83. The molecular weight excluding hydrogens is 650 g/mol. The first kappa shape index (κ1) is 41.1. The Hall–Kier alpha value is -3.34. The number of carbonyl (C=O) groups excluding carboxylic acids is 2. The standard InChI is InChI=1S/C36H53N3O11/c1-30-5-7-31(8-6-30)3-2-4-33(40)11-13-42-15-17-44-19-21-46-23-25-48-27-28-49-26-24-47-22-20-45-18-16-43-14-12-37-36(41)32-9-10-34-35(29-32)39-50-38-34/h5-10,29H,2-4,11-28H2,1H3,(H,37,41). The molecular formula is C36H53N3O11. The van der Waals surface area contributed by atoms with Crippen LogP contribution in [0.1, 0.15) is 40.7 Å². The zero-order chi connectivity index (χ0) is 35.3. The molecule has 0 aliphatic carbocycles. The smallest absolute Gasteiger partial charge is 0.251 e. The van der Waals surface area contributed by atoms with Crippen LogP contribution >= 0.6 is 0 Å². The van der Waals surface area contributed by atoms with E-state index >= 15 is 0 Å². The highest BCUT2D eigenvalue weighted by Crippen LogP contribution is 2.11. The molecule has 0 atom stereocenters. The Bertz CT molecular complexity index is 1310. The van der Waals surface area contributed by atoms with Crippen LogP contribution in [0.5, 0.6) is 0 Å². The first-order valence-electron chi connectivity index (χ1n) is 17.3. The number of ether oxygens (including phenoxy) is 8. The Morgan fingerprint density at radius 2 is 1.06 bits per heavy atom. The number of fused-ring (bicyclic) bond motifs is 1. The van der Waals surface area contributed by atoms with Gasteiger partial charge in [0, 0.05) is 24.9 Å². The molecule has 1 heterocycles. The normalized spacial score (nSPS) is 11.4. The molecule has 0 saturated carbocycles. The zero-order valence-electron chi connectivity index (χ0n) is 29.3. The summed E-state index contributed by atoms with van der Waals surface area (Å²) in [5, 5.41) is 10.2. The van der Waals surface area contributed by atoms with E-state index in [2.05, 4.69) is 51.4 Å². The highest BCUT2D eigenvalue weighted by molar-refractivity contribution is 5.97. The van der Waals surface area contributed by atoms with E-state index in [1.807, 2.05) is 0 Å². The average Bonchev–Trinajstić information content (AvgIpc) is 3.60. The molecule has 0 fully saturated rings. The second-order valence-corrected chi connectivity index (χ2v) is 11.3. The van der Waals surface area contributed by atoms with Crippen molar-refractivity contribution >= 4 is 22.7 Å². The summed E-state index contributed by atoms with van der Waals surface area (Å²) in [6.45, 7) is 9.81. The van der Waals surface area contributed by atoms with Crippen LogP contribution in [0.15, 0.2) is 47.1 Å². The second-order valence-electron chi connectivity index (χ2n) is 11.3. The number of Topliss-reactive ketones (excluding diaryl/α,β-unsaturated/α-hetero) is 1. The molecule has 0 bridgehead atoms. The summed E-state index contributed by atoms with van der Waals surface area (Å²) in [5.74, 6) is 0.0242. The summed E-state index contributed by atoms with van der Waals surface area (Å²) in [4.78, 5) is 24.2. The first-order chi connectivity index (χ1) is 24.6. The van der Waals surface area contributed by atoms with Gasteiger partial charge >= 0.3 is 0 Å². The minimum absolute atomic E-state index is 0.215. The lowest BCUT2D eigenvalue weighted by atomic mass is 10.0. The van der Waals surface area contributed by atoms with Gasteiger partial charge in [-0.1, -0.05) is 29.8 Å². The highest BCUT2D eigenvalue weighted by atomic mass is 16.6. The molecule has 0 unspecified atom stereocenters. The number of aryl methyl sites for hydroxylation is 2. The molecule has 1 aromatic heterocycles. The van der Waals surface area contributed by atoms with Gasteiger partial charge in [0.15, 0.2) is 0 Å². The van der Waals surface area contributed by atoms with Crippen molar-refractivity contribution < 1.29 is 52.1 Å². The van der Waals surface area contributed by atoms with Crippen LogP contribution < -0.4 is 5.32 Å². The number of hydrogen-bond acceptors (Lipinski definition) is 13.